The van der Waals surface area contributed by atoms with Crippen LogP contribution in [0.5, 0.6) is 0 Å². The summed E-state index contributed by atoms with van der Waals surface area (Å²) in [4.78, 5) is 61.9. The van der Waals surface area contributed by atoms with Crippen LogP contribution in [0.3, 0.4) is 0 Å². The first-order chi connectivity index (χ1) is 52.0. The summed E-state index contributed by atoms with van der Waals surface area (Å²) in [5, 5.41) is 20.6. The van der Waals surface area contributed by atoms with Gasteiger partial charge in [-0.15, -0.1) is 0 Å². The fraction of sp³-hybridized carbons (Fsp3) is 0.253. The smallest absolute Gasteiger partial charge is 0.435 e. The second-order valence-corrected chi connectivity index (χ2v) is 29.6. The molecule has 3 aromatic carbocycles. The standard InChI is InChI=1S/C22H17F4N5O.C12H12FN3.C11H9F3N2O.C10H10F3IO.C10H7F3N2O2.C10H10N2O/c23-14-6-8-15(9-7-14)31-16-5-3-11-30(18(16)13-27-31)20(32)12-19-28-21(22(24,25)26)17-4-1-2-10-29(17)19;13-9-3-5-10(6-4-9)16-12-2-1-7-14-11(12)8-15-16;1-7(17)6-9-15-10(11(12,13)14)8-4-2-3-5-16(8)9;1-9(2)7-5-3-4-6-8(7)14(15-9)10(11,12)13;11-10(12,13)9-6-3-1-2-4-15(6)7(14-9)5-8(16)17;1-8(13)6-10-11-7-9-4-2-3-5-12(9)10/h1-2,4,6-10,13H,3,5,11-12H2;3-6,8,14H,1-2,7H2;2-5H,6H2,1H3;3-6H,1-2H3;1-4H,5H2,(H,16,17);2-5,7H,6H2,1H3. The minimum Gasteiger partial charge on any atom is -0.481 e. The Bertz CT molecular complexity index is 5360. The van der Waals surface area contributed by atoms with E-state index >= 15 is 0 Å². The summed E-state index contributed by atoms with van der Waals surface area (Å²) in [5.41, 5.74) is 2.87. The van der Waals surface area contributed by atoms with Crippen molar-refractivity contribution in [3.8, 4) is 11.4 Å². The number of Topliss-reactive ketones (excluding diaryl/α,β-unsaturated/α-hetero) is 2. The number of aliphatic carboxylic acids is 1. The number of carboxylic acid groups (broad SMARTS) is 1. The molecule has 13 heterocycles. The number of benzene rings is 3. The van der Waals surface area contributed by atoms with Crippen molar-refractivity contribution < 1.29 is 88.8 Å². The van der Waals surface area contributed by atoms with Gasteiger partial charge in [-0.2, -0.15) is 49.7 Å². The molecule has 576 valence electrons. The number of pyridine rings is 4. The van der Waals surface area contributed by atoms with E-state index in [0.717, 1.165) is 52.2 Å². The summed E-state index contributed by atoms with van der Waals surface area (Å²) in [7, 11) is 0. The van der Waals surface area contributed by atoms with Crippen LogP contribution >= 0.6 is 20.2 Å². The van der Waals surface area contributed by atoms with Crippen molar-refractivity contribution >= 4 is 77.1 Å². The van der Waals surface area contributed by atoms with Gasteiger partial charge in [0, 0.05) is 37.9 Å². The molecule has 0 atom stereocenters. The Morgan fingerprint density at radius 2 is 0.964 bits per heavy atom. The van der Waals surface area contributed by atoms with E-state index in [1.54, 1.807) is 98.5 Å². The second kappa shape index (κ2) is 32.8. The Balaban J connectivity index is 0.000000135. The number of aromatic nitrogens is 12. The minimum atomic E-state index is -4.62. The Morgan fingerprint density at radius 1 is 0.518 bits per heavy atom. The molecule has 2 N–H and O–H groups in total. The van der Waals surface area contributed by atoms with E-state index in [-0.39, 0.29) is 76.0 Å². The van der Waals surface area contributed by atoms with Gasteiger partial charge in [-0.1, -0.05) is 24.3 Å². The molecule has 3 aliphatic heterocycles. The number of halogens is 15. The minimum absolute atomic E-state index is 0.0241. The molecule has 110 heavy (non-hydrogen) atoms. The van der Waals surface area contributed by atoms with Crippen molar-refractivity contribution in [1.82, 2.24) is 57.1 Å². The summed E-state index contributed by atoms with van der Waals surface area (Å²) >= 11 is -3.48. The number of hydrogen-bond acceptors (Lipinski definition) is 12. The van der Waals surface area contributed by atoms with Crippen molar-refractivity contribution in [2.24, 2.45) is 0 Å². The molecule has 10 aromatic heterocycles. The molecule has 35 heteroatoms. The maximum absolute atomic E-state index is 13.4. The predicted octanol–water partition coefficient (Wildman–Crippen LogP) is 16.6. The van der Waals surface area contributed by atoms with Gasteiger partial charge in [-0.25, -0.2) is 38.1 Å². The number of imidazole rings is 4. The van der Waals surface area contributed by atoms with Crippen LogP contribution in [0.15, 0.2) is 189 Å². The molecule has 0 saturated carbocycles. The number of alkyl halides is 13. The molecule has 0 spiro atoms. The van der Waals surface area contributed by atoms with E-state index in [2.05, 4.69) is 35.5 Å². The van der Waals surface area contributed by atoms with Crippen molar-refractivity contribution in [3.63, 3.8) is 0 Å². The van der Waals surface area contributed by atoms with Crippen LogP contribution in [0, 0.1) is 15.2 Å². The molecule has 3 aliphatic rings. The largest absolute Gasteiger partial charge is 0.481 e. The summed E-state index contributed by atoms with van der Waals surface area (Å²) in [6.07, 6.45) is 0.552. The van der Waals surface area contributed by atoms with E-state index in [1.807, 2.05) is 39.7 Å². The number of amides is 1. The number of fused-ring (bicyclic) bond motifs is 7. The molecule has 13 aromatic rings. The quantitative estimate of drug-likeness (QED) is 0.0741. The fourth-order valence-corrected chi connectivity index (χ4v) is 16.6. The Morgan fingerprint density at radius 3 is 1.46 bits per heavy atom. The molecular formula is C75H65F14IN14O6. The molecule has 0 fully saturated rings. The number of rotatable bonds is 10. The number of carbonyl (C=O) groups is 4. The van der Waals surface area contributed by atoms with Gasteiger partial charge in [0.15, 0.2) is 17.1 Å². The molecule has 0 aliphatic carbocycles. The van der Waals surface area contributed by atoms with Gasteiger partial charge in [0.1, 0.15) is 52.9 Å². The molecule has 0 unspecified atom stereocenters. The Hall–Kier alpha value is -11.4. The van der Waals surface area contributed by atoms with Crippen LogP contribution in [0.4, 0.5) is 72.8 Å². The average Bonchev–Trinajstić information content (AvgIpc) is 1.70. The zero-order valence-corrected chi connectivity index (χ0v) is 60.6. The van der Waals surface area contributed by atoms with Gasteiger partial charge in [0.25, 0.3) is 0 Å². The predicted molar refractivity (Wildman–Crippen MR) is 383 cm³/mol. The Labute approximate surface area is 623 Å². The van der Waals surface area contributed by atoms with Gasteiger partial charge in [0.2, 0.25) is 5.91 Å². The molecule has 20 nitrogen and oxygen atoms in total. The SMILES string of the molecule is CC(=O)Cc1nc(C(F)(F)F)c2ccccn12.CC(=O)Cc1ncc2ccccn12.CC1(C)OI(C(F)(F)F)c2ccccc21.Fc1ccc(-n2ncc3c2CCCN3)cc1.O=C(Cc1nc(C(F)(F)F)c2ccccn12)N1CCCc2c1cnn2-c1ccc(F)cc1.O=C(O)Cc1nc(C(F)(F)F)c2ccccn12. The zero-order valence-electron chi connectivity index (χ0n) is 58.4. The number of anilines is 2. The van der Waals surface area contributed by atoms with Gasteiger partial charge in [-0.05, 0) is 137 Å². The maximum Gasteiger partial charge on any atom is 0.435 e. The molecule has 16 rings (SSSR count). The number of nitrogens with zero attached hydrogens (tertiary/aromatic N) is 13. The third-order valence-electron chi connectivity index (χ3n) is 16.9. The zero-order chi connectivity index (χ0) is 79.2. The first kappa shape index (κ1) is 79.7. The van der Waals surface area contributed by atoms with E-state index in [0.29, 0.717) is 46.3 Å². The van der Waals surface area contributed by atoms with Gasteiger partial charge >= 0.3 is 118 Å². The van der Waals surface area contributed by atoms with E-state index < -0.39 is 78.0 Å². The van der Waals surface area contributed by atoms with Crippen LogP contribution in [-0.4, -0.2) is 103 Å². The van der Waals surface area contributed by atoms with E-state index in [9.17, 15) is 80.6 Å². The molecule has 0 radical (unpaired) electrons. The number of carboxylic acids is 1. The molecule has 0 saturated heterocycles. The van der Waals surface area contributed by atoms with E-state index in [1.165, 1.54) is 112 Å². The summed E-state index contributed by atoms with van der Waals surface area (Å²) in [6, 6.07) is 37.8. The van der Waals surface area contributed by atoms with Gasteiger partial charge < -0.3 is 32.9 Å². The first-order valence-electron chi connectivity index (χ1n) is 33.5. The normalized spacial score (nSPS) is 14.1. The number of carbonyl (C=O) groups excluding carboxylic acids is 3. The van der Waals surface area contributed by atoms with Crippen LogP contribution < -0.4 is 10.2 Å². The van der Waals surface area contributed by atoms with Crippen LogP contribution in [0.25, 0.3) is 33.4 Å². The third-order valence-corrected chi connectivity index (χ3v) is 21.6. The molecule has 0 bridgehead atoms. The fourth-order valence-electron chi connectivity index (χ4n) is 12.2. The van der Waals surface area contributed by atoms with Crippen molar-refractivity contribution in [3.05, 3.63) is 262 Å². The van der Waals surface area contributed by atoms with Crippen molar-refractivity contribution in [2.45, 2.75) is 107 Å². The number of ketones is 2. The first-order valence-corrected chi connectivity index (χ1v) is 36.6. The van der Waals surface area contributed by atoms with E-state index in [4.69, 9.17) is 8.17 Å². The summed E-state index contributed by atoms with van der Waals surface area (Å²) in [5.74, 6) is -1.46. The second-order valence-electron chi connectivity index (χ2n) is 25.3. The maximum atomic E-state index is 13.4. The molecule has 1 amide bonds. The Kier molecular flexibility index (Phi) is 23.8. The average molecular weight is 1650 g/mol. The summed E-state index contributed by atoms with van der Waals surface area (Å²) < 4.78 is 191. The van der Waals surface area contributed by atoms with Crippen LogP contribution in [0.1, 0.15) is 97.9 Å². The molecular weight excluding hydrogens is 1590 g/mol. The van der Waals surface area contributed by atoms with Crippen molar-refractivity contribution in [1.29, 1.82) is 0 Å². The van der Waals surface area contributed by atoms with Gasteiger partial charge in [-0.3, -0.25) is 19.2 Å². The van der Waals surface area contributed by atoms with Crippen LogP contribution in [0.2, 0.25) is 0 Å². The number of nitrogens with one attached hydrogen (secondary N) is 1. The summed E-state index contributed by atoms with van der Waals surface area (Å²) in [6.45, 7) is 7.70. The van der Waals surface area contributed by atoms with Gasteiger partial charge in [0.05, 0.1) is 94.1 Å². The third kappa shape index (κ3) is 18.5. The number of hydrogen-bond donors (Lipinski definition) is 2. The van der Waals surface area contributed by atoms with Crippen LogP contribution in [-0.2, 0) is 84.9 Å². The monoisotopic (exact) mass is 1650 g/mol. The van der Waals surface area contributed by atoms with Crippen molar-refractivity contribution in [2.75, 3.05) is 23.3 Å². The topological polar surface area (TPSA) is 218 Å².